The second-order valence-electron chi connectivity index (χ2n) is 5.48. The third kappa shape index (κ3) is 4.45. The number of methoxy groups -OCH3 is 1. The third-order valence-corrected chi connectivity index (χ3v) is 5.95. The van der Waals surface area contributed by atoms with Crippen LogP contribution in [-0.4, -0.2) is 38.9 Å². The van der Waals surface area contributed by atoms with E-state index in [2.05, 4.69) is 0 Å². The normalized spacial score (nSPS) is 11.1. The van der Waals surface area contributed by atoms with Crippen LogP contribution >= 0.6 is 0 Å². The van der Waals surface area contributed by atoms with E-state index in [0.29, 0.717) is 18.7 Å². The molecule has 142 valence electrons. The molecular weight excluding hydrogens is 368 g/mol. The smallest absolute Gasteiger partial charge is 0.343 e. The van der Waals surface area contributed by atoms with Gasteiger partial charge in [-0.25, -0.2) is 13.2 Å². The van der Waals surface area contributed by atoms with E-state index < -0.39 is 16.0 Å². The van der Waals surface area contributed by atoms with E-state index in [0.717, 1.165) is 0 Å². The molecular formula is C19H20N2O5S. The first kappa shape index (κ1) is 20.4. The Bertz CT molecular complexity index is 976. The lowest BCUT2D eigenvalue weighted by Crippen LogP contribution is -2.30. The monoisotopic (exact) mass is 388 g/mol. The molecule has 8 heteroatoms. The zero-order chi connectivity index (χ0) is 20.0. The minimum atomic E-state index is -3.69. The van der Waals surface area contributed by atoms with Gasteiger partial charge in [0.2, 0.25) is 10.0 Å². The number of benzene rings is 2. The molecule has 2 rings (SSSR count). The fraction of sp³-hybridized carbons (Fsp3) is 0.263. The van der Waals surface area contributed by atoms with Crippen LogP contribution in [0.2, 0.25) is 0 Å². The van der Waals surface area contributed by atoms with Crippen LogP contribution in [-0.2, 0) is 10.0 Å². The van der Waals surface area contributed by atoms with Gasteiger partial charge in [-0.1, -0.05) is 19.9 Å². The Morgan fingerprint density at radius 3 is 2.41 bits per heavy atom. The summed E-state index contributed by atoms with van der Waals surface area (Å²) >= 11 is 0. The highest BCUT2D eigenvalue weighted by atomic mass is 32.2. The lowest BCUT2D eigenvalue weighted by atomic mass is 10.2. The van der Waals surface area contributed by atoms with E-state index in [1.165, 1.54) is 53.9 Å². The van der Waals surface area contributed by atoms with Crippen LogP contribution in [0.5, 0.6) is 11.5 Å². The minimum Gasteiger partial charge on any atom is -0.493 e. The number of sulfonamides is 1. The topological polar surface area (TPSA) is 96.7 Å². The second-order valence-corrected chi connectivity index (χ2v) is 7.42. The Kier molecular flexibility index (Phi) is 6.55. The molecule has 0 unspecified atom stereocenters. The Morgan fingerprint density at radius 2 is 1.81 bits per heavy atom. The molecule has 0 amide bonds. The summed E-state index contributed by atoms with van der Waals surface area (Å²) < 4.78 is 37.0. The molecule has 0 aliphatic heterocycles. The van der Waals surface area contributed by atoms with Crippen LogP contribution < -0.4 is 9.47 Å². The van der Waals surface area contributed by atoms with Crippen molar-refractivity contribution in [1.82, 2.24) is 4.31 Å². The van der Waals surface area contributed by atoms with Gasteiger partial charge in [-0.2, -0.15) is 9.57 Å². The van der Waals surface area contributed by atoms with Gasteiger partial charge in [-0.05, 0) is 30.3 Å². The van der Waals surface area contributed by atoms with Gasteiger partial charge in [0.05, 0.1) is 29.2 Å². The first-order chi connectivity index (χ1) is 12.9. The molecule has 0 aliphatic carbocycles. The predicted octanol–water partition coefficient (Wildman–Crippen LogP) is 2.82. The van der Waals surface area contributed by atoms with Gasteiger partial charge >= 0.3 is 5.97 Å². The molecule has 7 nitrogen and oxygen atoms in total. The van der Waals surface area contributed by atoms with E-state index in [-0.39, 0.29) is 22.0 Å². The van der Waals surface area contributed by atoms with Crippen LogP contribution in [0, 0.1) is 11.3 Å². The van der Waals surface area contributed by atoms with Crippen molar-refractivity contribution in [3.8, 4) is 17.6 Å². The van der Waals surface area contributed by atoms with Crippen LogP contribution in [0.3, 0.4) is 0 Å². The first-order valence-electron chi connectivity index (χ1n) is 8.27. The highest BCUT2D eigenvalue weighted by molar-refractivity contribution is 7.89. The maximum absolute atomic E-state index is 12.6. The van der Waals surface area contributed by atoms with Crippen molar-refractivity contribution in [2.24, 2.45) is 0 Å². The molecule has 27 heavy (non-hydrogen) atoms. The maximum atomic E-state index is 12.6. The number of hydrogen-bond acceptors (Lipinski definition) is 6. The number of rotatable bonds is 7. The molecule has 0 aliphatic rings. The number of hydrogen-bond donors (Lipinski definition) is 0. The van der Waals surface area contributed by atoms with E-state index in [4.69, 9.17) is 14.7 Å². The van der Waals surface area contributed by atoms with Gasteiger partial charge in [0, 0.05) is 19.2 Å². The lowest BCUT2D eigenvalue weighted by molar-refractivity contribution is 0.0729. The van der Waals surface area contributed by atoms with Gasteiger partial charge in [-0.3, -0.25) is 0 Å². The summed E-state index contributed by atoms with van der Waals surface area (Å²) in [6.45, 7) is 4.15. The van der Waals surface area contributed by atoms with Crippen molar-refractivity contribution < 1.29 is 22.7 Å². The Morgan fingerprint density at radius 1 is 1.11 bits per heavy atom. The van der Waals surface area contributed by atoms with E-state index in [1.54, 1.807) is 13.8 Å². The van der Waals surface area contributed by atoms with Crippen molar-refractivity contribution in [3.63, 3.8) is 0 Å². The number of nitrogens with zero attached hydrogens (tertiary/aromatic N) is 2. The predicted molar refractivity (Wildman–Crippen MR) is 99.2 cm³/mol. The average Bonchev–Trinajstić information content (AvgIpc) is 2.69. The molecule has 0 saturated heterocycles. The van der Waals surface area contributed by atoms with Gasteiger partial charge < -0.3 is 9.47 Å². The quantitative estimate of drug-likeness (QED) is 0.534. The molecule has 0 heterocycles. The highest BCUT2D eigenvalue weighted by Gasteiger charge is 2.23. The summed E-state index contributed by atoms with van der Waals surface area (Å²) in [5.41, 5.74) is 0.452. The lowest BCUT2D eigenvalue weighted by Gasteiger charge is -2.18. The van der Waals surface area contributed by atoms with Crippen LogP contribution in [0.1, 0.15) is 29.8 Å². The summed E-state index contributed by atoms with van der Waals surface area (Å²) in [4.78, 5) is 12.5. The number of nitriles is 1. The van der Waals surface area contributed by atoms with E-state index in [9.17, 15) is 13.2 Å². The Hall–Kier alpha value is -2.89. The molecule has 0 spiro atoms. The minimum absolute atomic E-state index is 0.0208. The summed E-state index contributed by atoms with van der Waals surface area (Å²) in [7, 11) is -2.29. The van der Waals surface area contributed by atoms with E-state index in [1.807, 2.05) is 6.07 Å². The third-order valence-electron chi connectivity index (χ3n) is 3.91. The van der Waals surface area contributed by atoms with Crippen LogP contribution in [0.25, 0.3) is 0 Å². The molecule has 0 N–H and O–H groups in total. The molecule has 0 fully saturated rings. The fourth-order valence-corrected chi connectivity index (χ4v) is 3.98. The highest BCUT2D eigenvalue weighted by Crippen LogP contribution is 2.29. The van der Waals surface area contributed by atoms with Gasteiger partial charge in [0.25, 0.3) is 0 Å². The maximum Gasteiger partial charge on any atom is 0.343 e. The number of carbonyl (C=O) groups is 1. The zero-order valence-corrected chi connectivity index (χ0v) is 16.1. The summed E-state index contributed by atoms with van der Waals surface area (Å²) in [5, 5.41) is 8.93. The van der Waals surface area contributed by atoms with Crippen molar-refractivity contribution >= 4 is 16.0 Å². The number of carbonyl (C=O) groups excluding carboxylic acids is 1. The van der Waals surface area contributed by atoms with Crippen molar-refractivity contribution in [1.29, 1.82) is 5.26 Å². The van der Waals surface area contributed by atoms with E-state index >= 15 is 0 Å². The molecule has 0 bridgehead atoms. The Labute approximate surface area is 158 Å². The van der Waals surface area contributed by atoms with Crippen molar-refractivity contribution in [2.45, 2.75) is 18.7 Å². The Balaban J connectivity index is 2.33. The van der Waals surface area contributed by atoms with Crippen molar-refractivity contribution in [3.05, 3.63) is 53.6 Å². The van der Waals surface area contributed by atoms with Crippen LogP contribution in [0.4, 0.5) is 0 Å². The van der Waals surface area contributed by atoms with Gasteiger partial charge in [-0.15, -0.1) is 0 Å². The number of esters is 1. The standard InChI is InChI=1S/C19H20N2O5S/c1-4-21(5-2)27(23,24)16-8-6-7-15(12-16)19(22)26-17-10-9-14(13-20)11-18(17)25-3/h6-12H,4-5H2,1-3H3. The second kappa shape index (κ2) is 8.66. The molecule has 0 radical (unpaired) electrons. The molecule has 0 saturated carbocycles. The molecule has 2 aromatic carbocycles. The average molecular weight is 388 g/mol. The molecule has 0 aromatic heterocycles. The fourth-order valence-electron chi connectivity index (χ4n) is 2.48. The molecule has 0 atom stereocenters. The molecule has 2 aromatic rings. The summed E-state index contributed by atoms with van der Waals surface area (Å²) in [6.07, 6.45) is 0. The summed E-state index contributed by atoms with van der Waals surface area (Å²) in [6, 6.07) is 12.0. The van der Waals surface area contributed by atoms with Crippen molar-refractivity contribution in [2.75, 3.05) is 20.2 Å². The zero-order valence-electron chi connectivity index (χ0n) is 15.3. The number of ether oxygens (including phenoxy) is 2. The summed E-state index contributed by atoms with van der Waals surface area (Å²) in [5.74, 6) is -0.359. The largest absolute Gasteiger partial charge is 0.493 e. The van der Waals surface area contributed by atoms with Gasteiger partial charge in [0.15, 0.2) is 11.5 Å². The van der Waals surface area contributed by atoms with Crippen LogP contribution in [0.15, 0.2) is 47.4 Å². The van der Waals surface area contributed by atoms with Gasteiger partial charge in [0.1, 0.15) is 0 Å². The SMILES string of the molecule is CCN(CC)S(=O)(=O)c1cccc(C(=O)Oc2ccc(C#N)cc2OC)c1. The first-order valence-corrected chi connectivity index (χ1v) is 9.71.